The molecule has 0 aromatic rings. The second-order valence-electron chi connectivity index (χ2n) is 4.13. The van der Waals surface area contributed by atoms with Gasteiger partial charge in [0.1, 0.15) is 0 Å². The Morgan fingerprint density at radius 2 is 1.14 bits per heavy atom. The van der Waals surface area contributed by atoms with Gasteiger partial charge >= 0.3 is 24.2 Å². The molecule has 0 aromatic carbocycles. The monoisotopic (exact) mass is 340 g/mol. The van der Waals surface area contributed by atoms with Crippen LogP contribution < -0.4 is 0 Å². The lowest BCUT2D eigenvalue weighted by molar-refractivity contribution is -0.391. The van der Waals surface area contributed by atoms with Gasteiger partial charge in [-0.2, -0.15) is 43.9 Å². The van der Waals surface area contributed by atoms with E-state index in [2.05, 4.69) is 4.74 Å². The molecule has 0 heterocycles. The van der Waals surface area contributed by atoms with Crippen LogP contribution in [0.1, 0.15) is 13.3 Å². The van der Waals surface area contributed by atoms with Gasteiger partial charge in [0.05, 0.1) is 12.7 Å². The van der Waals surface area contributed by atoms with Crippen LogP contribution in [-0.4, -0.2) is 48.1 Å². The topological polar surface area (TPSA) is 29.5 Å². The molecule has 1 atom stereocenters. The van der Waals surface area contributed by atoms with E-state index in [4.69, 9.17) is 5.11 Å². The third-order valence-corrected chi connectivity index (χ3v) is 2.23. The Morgan fingerprint density at radius 3 is 1.38 bits per heavy atom. The van der Waals surface area contributed by atoms with Crippen molar-refractivity contribution in [3.05, 3.63) is 0 Å². The molecule has 0 aromatic heterocycles. The largest absolute Gasteiger partial charge is 0.456 e. The fourth-order valence-corrected chi connectivity index (χ4v) is 1.09. The maximum absolute atomic E-state index is 12.9. The van der Waals surface area contributed by atoms with E-state index in [1.807, 2.05) is 0 Å². The summed E-state index contributed by atoms with van der Waals surface area (Å²) in [5.41, 5.74) is 0. The van der Waals surface area contributed by atoms with Gasteiger partial charge in [-0.05, 0) is 13.3 Å². The van der Waals surface area contributed by atoms with Crippen molar-refractivity contribution < 1.29 is 53.7 Å². The highest BCUT2D eigenvalue weighted by molar-refractivity contribution is 4.98. The third-order valence-electron chi connectivity index (χ3n) is 2.23. The van der Waals surface area contributed by atoms with Crippen molar-refractivity contribution >= 4 is 0 Å². The number of aliphatic hydroxyl groups excluding tert-OH is 1. The van der Waals surface area contributed by atoms with Gasteiger partial charge in [-0.3, -0.25) is 0 Å². The second-order valence-corrected chi connectivity index (χ2v) is 4.13. The first-order chi connectivity index (χ1) is 9.05. The second kappa shape index (κ2) is 6.15. The van der Waals surface area contributed by atoms with E-state index < -0.39 is 49.4 Å². The predicted octanol–water partition coefficient (Wildman–Crippen LogP) is 3.54. The van der Waals surface area contributed by atoms with Gasteiger partial charge in [0.15, 0.2) is 0 Å². The Morgan fingerprint density at radius 1 is 0.810 bits per heavy atom. The van der Waals surface area contributed by atoms with Crippen molar-refractivity contribution in [1.82, 2.24) is 0 Å². The van der Waals surface area contributed by atoms with Crippen molar-refractivity contribution in [2.24, 2.45) is 0 Å². The first-order valence-corrected chi connectivity index (χ1v) is 5.24. The van der Waals surface area contributed by atoms with Crippen LogP contribution in [0.15, 0.2) is 0 Å². The molecule has 0 saturated carbocycles. The Kier molecular flexibility index (Phi) is 5.92. The quantitative estimate of drug-likeness (QED) is 0.750. The zero-order valence-electron chi connectivity index (χ0n) is 10.2. The summed E-state index contributed by atoms with van der Waals surface area (Å²) in [6.45, 7) is -0.345. The Balaban J connectivity index is 5.49. The fraction of sp³-hybridized carbons (Fsp3) is 1.00. The summed E-state index contributed by atoms with van der Waals surface area (Å²) in [6, 6.07) is 0. The zero-order valence-corrected chi connectivity index (χ0v) is 10.2. The standard InChI is InChI=1S/C9H10F10O2/c1-4(20)2-3-21-5(6(10,11)8(14,15)16)7(12,13)9(17,18)19/h4-5,20H,2-3H2,1H3. The van der Waals surface area contributed by atoms with E-state index in [0.29, 0.717) is 0 Å². The minimum absolute atomic E-state index is 0.710. The zero-order chi connectivity index (χ0) is 17.3. The van der Waals surface area contributed by atoms with Crippen LogP contribution in [0.2, 0.25) is 0 Å². The van der Waals surface area contributed by atoms with E-state index in [1.54, 1.807) is 0 Å². The van der Waals surface area contributed by atoms with Gasteiger partial charge in [0, 0.05) is 0 Å². The van der Waals surface area contributed by atoms with E-state index in [-0.39, 0.29) is 0 Å². The Hall–Kier alpha value is -0.780. The summed E-state index contributed by atoms with van der Waals surface area (Å²) in [5.74, 6) is -12.9. The van der Waals surface area contributed by atoms with Gasteiger partial charge in [0.25, 0.3) is 0 Å². The van der Waals surface area contributed by atoms with Gasteiger partial charge in [-0.15, -0.1) is 0 Å². The van der Waals surface area contributed by atoms with Crippen molar-refractivity contribution in [3.63, 3.8) is 0 Å². The molecule has 21 heavy (non-hydrogen) atoms. The fourth-order valence-electron chi connectivity index (χ4n) is 1.09. The number of hydrogen-bond donors (Lipinski definition) is 1. The van der Waals surface area contributed by atoms with Crippen molar-refractivity contribution in [1.29, 1.82) is 0 Å². The van der Waals surface area contributed by atoms with Gasteiger partial charge in [-0.1, -0.05) is 0 Å². The number of alkyl halides is 10. The highest BCUT2D eigenvalue weighted by atomic mass is 19.4. The van der Waals surface area contributed by atoms with Crippen LogP contribution in [0.5, 0.6) is 0 Å². The maximum atomic E-state index is 12.9. The molecule has 1 unspecified atom stereocenters. The van der Waals surface area contributed by atoms with Crippen LogP contribution in [0, 0.1) is 0 Å². The molecular weight excluding hydrogens is 330 g/mol. The normalized spacial score (nSPS) is 16.4. The average Bonchev–Trinajstić information content (AvgIpc) is 2.19. The first-order valence-electron chi connectivity index (χ1n) is 5.24. The lowest BCUT2D eigenvalue weighted by Crippen LogP contribution is -2.61. The molecule has 0 aliphatic heterocycles. The van der Waals surface area contributed by atoms with Gasteiger partial charge in [-0.25, -0.2) is 0 Å². The molecule has 0 spiro atoms. The average molecular weight is 340 g/mol. The van der Waals surface area contributed by atoms with Crippen molar-refractivity contribution in [2.75, 3.05) is 6.61 Å². The molecule has 0 radical (unpaired) electrons. The molecule has 2 nitrogen and oxygen atoms in total. The number of aliphatic hydroxyl groups is 1. The highest BCUT2D eigenvalue weighted by Gasteiger charge is 2.76. The van der Waals surface area contributed by atoms with Crippen LogP contribution in [0.25, 0.3) is 0 Å². The number of hydrogen-bond acceptors (Lipinski definition) is 2. The SMILES string of the molecule is CC(O)CCOC(C(F)(F)C(F)(F)F)C(F)(F)C(F)(F)F. The van der Waals surface area contributed by atoms with E-state index in [1.165, 1.54) is 0 Å². The molecule has 12 heteroatoms. The van der Waals surface area contributed by atoms with Crippen molar-refractivity contribution in [2.45, 2.75) is 49.8 Å². The molecule has 0 amide bonds. The molecular formula is C9H10F10O2. The Labute approximate surface area is 111 Å². The summed E-state index contributed by atoms with van der Waals surface area (Å²) in [5, 5.41) is 8.69. The number of halogens is 10. The van der Waals surface area contributed by atoms with Crippen LogP contribution in [0.3, 0.4) is 0 Å². The molecule has 0 rings (SSSR count). The number of ether oxygens (including phenoxy) is 1. The summed E-state index contributed by atoms with van der Waals surface area (Å²) in [4.78, 5) is 0. The first kappa shape index (κ1) is 20.2. The molecule has 0 fully saturated rings. The van der Waals surface area contributed by atoms with Gasteiger partial charge in [0.2, 0.25) is 6.10 Å². The van der Waals surface area contributed by atoms with Crippen molar-refractivity contribution in [3.8, 4) is 0 Å². The molecule has 0 bridgehead atoms. The smallest absolute Gasteiger partial charge is 0.393 e. The van der Waals surface area contributed by atoms with Gasteiger partial charge < -0.3 is 9.84 Å². The lowest BCUT2D eigenvalue weighted by atomic mass is 10.0. The minimum Gasteiger partial charge on any atom is -0.393 e. The molecule has 0 aliphatic carbocycles. The van der Waals surface area contributed by atoms with Crippen LogP contribution in [0.4, 0.5) is 43.9 Å². The van der Waals surface area contributed by atoms with E-state index in [0.717, 1.165) is 6.92 Å². The van der Waals surface area contributed by atoms with E-state index >= 15 is 0 Å². The molecule has 0 saturated heterocycles. The minimum atomic E-state index is -6.67. The Bertz CT molecular complexity index is 306. The molecule has 1 N–H and O–H groups in total. The highest BCUT2D eigenvalue weighted by Crippen LogP contribution is 2.49. The summed E-state index contributed by atoms with van der Waals surface area (Å²) in [6.07, 6.45) is -20.2. The van der Waals surface area contributed by atoms with Crippen LogP contribution >= 0.6 is 0 Å². The molecule has 128 valence electrons. The number of rotatable bonds is 6. The maximum Gasteiger partial charge on any atom is 0.456 e. The van der Waals surface area contributed by atoms with Crippen LogP contribution in [-0.2, 0) is 4.74 Å². The summed E-state index contributed by atoms with van der Waals surface area (Å²) < 4.78 is 127. The lowest BCUT2D eigenvalue weighted by Gasteiger charge is -2.34. The molecule has 0 aliphatic rings. The van der Waals surface area contributed by atoms with E-state index in [9.17, 15) is 43.9 Å². The summed E-state index contributed by atoms with van der Waals surface area (Å²) >= 11 is 0. The predicted molar refractivity (Wildman–Crippen MR) is 48.0 cm³/mol. The summed E-state index contributed by atoms with van der Waals surface area (Å²) in [7, 11) is 0. The third kappa shape index (κ3) is 4.59.